The average molecular weight is 494 g/mol. The maximum absolute atomic E-state index is 13.9. The molecule has 10 nitrogen and oxygen atoms in total. The number of aromatic amines is 2. The molecule has 0 aliphatic heterocycles. The number of nitrogens with one attached hydrogen (secondary N) is 3. The van der Waals surface area contributed by atoms with E-state index >= 15 is 0 Å². The van der Waals surface area contributed by atoms with E-state index in [4.69, 9.17) is 9.97 Å². The van der Waals surface area contributed by atoms with Crippen molar-refractivity contribution in [1.82, 2.24) is 35.1 Å². The molecule has 1 amide bonds. The van der Waals surface area contributed by atoms with Gasteiger partial charge in [0.05, 0.1) is 40.3 Å². The van der Waals surface area contributed by atoms with Crippen LogP contribution in [-0.2, 0) is 4.79 Å². The van der Waals surface area contributed by atoms with Crippen LogP contribution in [0.4, 0.5) is 10.1 Å². The number of hydrogen-bond donors (Lipinski definition) is 4. The fourth-order valence-corrected chi connectivity index (χ4v) is 4.11. The van der Waals surface area contributed by atoms with Gasteiger partial charge in [-0.15, -0.1) is 0 Å². The standard InChI is InChI=1S/C26H19FN8O2/c1-2-22(37)30-16-6-14(9-28-10-16)19-3-4-20-24(31-19)25(35-34-20)26-32-21-12-29-11-18(23(21)33-26)13-5-15(27)8-17(36)7-13/h3-12,36H,2H2,1H3,(H,30,37)(H,32,33)(H,34,35). The first kappa shape index (κ1) is 22.3. The van der Waals surface area contributed by atoms with Gasteiger partial charge >= 0.3 is 0 Å². The highest BCUT2D eigenvalue weighted by Gasteiger charge is 2.18. The lowest BCUT2D eigenvalue weighted by atomic mass is 10.1. The number of phenols is 1. The van der Waals surface area contributed by atoms with Crippen molar-refractivity contribution in [3.8, 4) is 39.7 Å². The average Bonchev–Trinajstić information content (AvgIpc) is 3.51. The molecule has 6 rings (SSSR count). The molecule has 6 aromatic rings. The van der Waals surface area contributed by atoms with Crippen LogP contribution in [0, 0.1) is 5.82 Å². The molecule has 0 aliphatic rings. The highest BCUT2D eigenvalue weighted by atomic mass is 19.1. The Balaban J connectivity index is 1.43. The fourth-order valence-electron chi connectivity index (χ4n) is 4.11. The summed E-state index contributed by atoms with van der Waals surface area (Å²) in [5.74, 6) is -0.411. The summed E-state index contributed by atoms with van der Waals surface area (Å²) in [5, 5.41) is 20.1. The Morgan fingerprint density at radius 2 is 1.84 bits per heavy atom. The number of anilines is 1. The summed E-state index contributed by atoms with van der Waals surface area (Å²) in [6.45, 7) is 1.78. The third-order valence-corrected chi connectivity index (χ3v) is 5.86. The number of carbonyl (C=O) groups is 1. The van der Waals surface area contributed by atoms with Gasteiger partial charge in [0.25, 0.3) is 0 Å². The number of imidazole rings is 1. The van der Waals surface area contributed by atoms with E-state index in [-0.39, 0.29) is 11.7 Å². The first-order valence-corrected chi connectivity index (χ1v) is 11.4. The van der Waals surface area contributed by atoms with E-state index in [0.717, 1.165) is 11.6 Å². The molecule has 182 valence electrons. The van der Waals surface area contributed by atoms with Crippen LogP contribution in [0.1, 0.15) is 13.3 Å². The largest absolute Gasteiger partial charge is 0.508 e. The Hall–Kier alpha value is -5.19. The van der Waals surface area contributed by atoms with E-state index in [1.54, 1.807) is 31.7 Å². The number of benzene rings is 1. The lowest BCUT2D eigenvalue weighted by Crippen LogP contribution is -2.09. The normalized spacial score (nSPS) is 11.3. The van der Waals surface area contributed by atoms with Crippen LogP contribution in [-0.4, -0.2) is 46.1 Å². The molecular formula is C26H19FN8O2. The molecule has 0 saturated heterocycles. The maximum Gasteiger partial charge on any atom is 0.224 e. The van der Waals surface area contributed by atoms with Crippen molar-refractivity contribution in [3.63, 3.8) is 0 Å². The molecule has 5 heterocycles. The number of amides is 1. The van der Waals surface area contributed by atoms with Crippen molar-refractivity contribution in [2.24, 2.45) is 0 Å². The molecule has 0 radical (unpaired) electrons. The second-order valence-corrected chi connectivity index (χ2v) is 8.40. The van der Waals surface area contributed by atoms with Crippen molar-refractivity contribution in [2.45, 2.75) is 13.3 Å². The minimum atomic E-state index is -0.564. The summed E-state index contributed by atoms with van der Waals surface area (Å²) in [5.41, 5.74) is 5.90. The topological polar surface area (TPSA) is 145 Å². The Morgan fingerprint density at radius 1 is 0.973 bits per heavy atom. The minimum Gasteiger partial charge on any atom is -0.508 e. The molecule has 0 atom stereocenters. The van der Waals surface area contributed by atoms with Gasteiger partial charge in [-0.3, -0.25) is 19.9 Å². The second-order valence-electron chi connectivity index (χ2n) is 8.40. The van der Waals surface area contributed by atoms with Crippen molar-refractivity contribution in [2.75, 3.05) is 5.32 Å². The van der Waals surface area contributed by atoms with E-state index < -0.39 is 5.82 Å². The highest BCUT2D eigenvalue weighted by Crippen LogP contribution is 2.33. The Bertz CT molecular complexity index is 1790. The van der Waals surface area contributed by atoms with Gasteiger partial charge in [-0.1, -0.05) is 6.92 Å². The van der Waals surface area contributed by atoms with Crippen LogP contribution in [0.15, 0.2) is 61.2 Å². The SMILES string of the molecule is CCC(=O)Nc1cncc(-c2ccc3[nH]nc(-c4nc5c(-c6cc(O)cc(F)c6)cncc5[nH]4)c3n2)c1. The fraction of sp³-hybridized carbons (Fsp3) is 0.0769. The number of carbonyl (C=O) groups excluding carboxylic acids is 1. The summed E-state index contributed by atoms with van der Waals surface area (Å²) >= 11 is 0. The molecular weight excluding hydrogens is 475 g/mol. The summed E-state index contributed by atoms with van der Waals surface area (Å²) < 4.78 is 13.9. The second kappa shape index (κ2) is 8.79. The zero-order chi connectivity index (χ0) is 25.5. The van der Waals surface area contributed by atoms with E-state index in [0.29, 0.717) is 62.5 Å². The first-order valence-electron chi connectivity index (χ1n) is 11.4. The van der Waals surface area contributed by atoms with Crippen LogP contribution in [0.2, 0.25) is 0 Å². The summed E-state index contributed by atoms with van der Waals surface area (Å²) in [7, 11) is 0. The summed E-state index contributed by atoms with van der Waals surface area (Å²) in [4.78, 5) is 33.0. The van der Waals surface area contributed by atoms with Crippen molar-refractivity contribution in [1.29, 1.82) is 0 Å². The molecule has 0 aliphatic carbocycles. The van der Waals surface area contributed by atoms with Gasteiger partial charge in [0.1, 0.15) is 17.1 Å². The molecule has 5 aromatic heterocycles. The number of aromatic nitrogens is 7. The lowest BCUT2D eigenvalue weighted by molar-refractivity contribution is -0.115. The van der Waals surface area contributed by atoms with E-state index in [1.165, 1.54) is 12.1 Å². The highest BCUT2D eigenvalue weighted by molar-refractivity contribution is 5.96. The van der Waals surface area contributed by atoms with Gasteiger partial charge in [-0.05, 0) is 35.9 Å². The molecule has 1 aromatic carbocycles. The number of H-pyrrole nitrogens is 2. The predicted molar refractivity (Wildman–Crippen MR) is 136 cm³/mol. The molecule has 0 saturated carbocycles. The number of fused-ring (bicyclic) bond motifs is 2. The monoisotopic (exact) mass is 494 g/mol. The molecule has 0 unspecified atom stereocenters. The number of phenolic OH excluding ortho intramolecular Hbond substituents is 1. The quantitative estimate of drug-likeness (QED) is 0.269. The predicted octanol–water partition coefficient (Wildman–Crippen LogP) is 4.82. The van der Waals surface area contributed by atoms with Gasteiger partial charge in [-0.2, -0.15) is 5.10 Å². The van der Waals surface area contributed by atoms with Crippen molar-refractivity contribution in [3.05, 3.63) is 67.0 Å². The molecule has 0 bridgehead atoms. The lowest BCUT2D eigenvalue weighted by Gasteiger charge is -2.06. The van der Waals surface area contributed by atoms with Gasteiger partial charge < -0.3 is 15.4 Å². The third-order valence-electron chi connectivity index (χ3n) is 5.86. The number of pyridine rings is 3. The van der Waals surface area contributed by atoms with Crippen molar-refractivity contribution >= 4 is 33.7 Å². The minimum absolute atomic E-state index is 0.105. The zero-order valence-corrected chi connectivity index (χ0v) is 19.5. The summed E-state index contributed by atoms with van der Waals surface area (Å²) in [6, 6.07) is 9.31. The van der Waals surface area contributed by atoms with Crippen LogP contribution in [0.25, 0.3) is 56.0 Å². The van der Waals surface area contributed by atoms with E-state index in [1.807, 2.05) is 18.2 Å². The van der Waals surface area contributed by atoms with Crippen LogP contribution in [0.5, 0.6) is 5.75 Å². The van der Waals surface area contributed by atoms with Gasteiger partial charge in [0.2, 0.25) is 5.91 Å². The first-order chi connectivity index (χ1) is 18.0. The van der Waals surface area contributed by atoms with Crippen molar-refractivity contribution < 1.29 is 14.3 Å². The summed E-state index contributed by atoms with van der Waals surface area (Å²) in [6.07, 6.45) is 6.80. The van der Waals surface area contributed by atoms with Gasteiger partial charge in [0.15, 0.2) is 11.5 Å². The smallest absolute Gasteiger partial charge is 0.224 e. The molecule has 11 heteroatoms. The molecule has 37 heavy (non-hydrogen) atoms. The number of hydrogen-bond acceptors (Lipinski definition) is 7. The zero-order valence-electron chi connectivity index (χ0n) is 19.5. The maximum atomic E-state index is 13.9. The number of nitrogens with zero attached hydrogens (tertiary/aromatic N) is 5. The van der Waals surface area contributed by atoms with Gasteiger partial charge in [0, 0.05) is 36.0 Å². The number of aromatic hydroxyl groups is 1. The van der Waals surface area contributed by atoms with E-state index in [2.05, 4.69) is 30.5 Å². The molecule has 4 N–H and O–H groups in total. The number of rotatable bonds is 5. The van der Waals surface area contributed by atoms with Crippen LogP contribution in [0.3, 0.4) is 0 Å². The van der Waals surface area contributed by atoms with Gasteiger partial charge in [-0.25, -0.2) is 14.4 Å². The number of halogens is 1. The Kier molecular flexibility index (Phi) is 5.29. The van der Waals surface area contributed by atoms with E-state index in [9.17, 15) is 14.3 Å². The molecule has 0 spiro atoms. The Morgan fingerprint density at radius 3 is 2.68 bits per heavy atom. The third kappa shape index (κ3) is 4.12. The Labute approximate surface area is 208 Å². The van der Waals surface area contributed by atoms with Crippen LogP contribution < -0.4 is 5.32 Å². The molecule has 0 fully saturated rings. The van der Waals surface area contributed by atoms with Crippen LogP contribution >= 0.6 is 0 Å².